The van der Waals surface area contributed by atoms with Crippen LogP contribution in [0.5, 0.6) is 5.75 Å². The van der Waals surface area contributed by atoms with Crippen molar-refractivity contribution in [2.24, 2.45) is 7.05 Å². The lowest BCUT2D eigenvalue weighted by molar-refractivity contribution is -0.274. The highest BCUT2D eigenvalue weighted by atomic mass is 19.4. The fourth-order valence-electron chi connectivity index (χ4n) is 2.39. The number of rotatable bonds is 5. The molecule has 0 radical (unpaired) electrons. The molecular weight excluding hydrogens is 351 g/mol. The lowest BCUT2D eigenvalue weighted by Gasteiger charge is -2.09. The molecule has 0 saturated carbocycles. The van der Waals surface area contributed by atoms with E-state index in [9.17, 15) is 18.0 Å². The quantitative estimate of drug-likeness (QED) is 0.750. The number of nitrogens with one attached hydrogen (secondary N) is 1. The van der Waals surface area contributed by atoms with E-state index in [-0.39, 0.29) is 11.7 Å². The van der Waals surface area contributed by atoms with Gasteiger partial charge >= 0.3 is 6.36 Å². The number of aryl methyl sites for hydroxylation is 1. The Kier molecular flexibility index (Phi) is 4.74. The molecule has 7 nitrogen and oxygen atoms in total. The van der Waals surface area contributed by atoms with E-state index < -0.39 is 6.36 Å². The molecule has 0 aliphatic carbocycles. The first kappa shape index (κ1) is 17.6. The number of pyridine rings is 1. The number of alkyl halides is 3. The third-order valence-corrected chi connectivity index (χ3v) is 3.59. The zero-order valence-electron chi connectivity index (χ0n) is 13.6. The zero-order valence-corrected chi connectivity index (χ0v) is 13.6. The molecule has 2 heterocycles. The van der Waals surface area contributed by atoms with Crippen molar-refractivity contribution in [3.63, 3.8) is 0 Å². The van der Waals surface area contributed by atoms with Crippen molar-refractivity contribution in [1.29, 1.82) is 0 Å². The van der Waals surface area contributed by atoms with Crippen molar-refractivity contribution >= 4 is 17.1 Å². The molecule has 3 aromatic rings. The second-order valence-corrected chi connectivity index (χ2v) is 5.44. The maximum absolute atomic E-state index is 12.3. The summed E-state index contributed by atoms with van der Waals surface area (Å²) in [5, 5.41) is 10.5. The SMILES string of the molecule is Cn1nnc2c(C(=O)NCCc3ccc(OC(F)(F)F)cc3)ccnc21. The van der Waals surface area contributed by atoms with Crippen LogP contribution >= 0.6 is 0 Å². The van der Waals surface area contributed by atoms with Gasteiger partial charge in [-0.1, -0.05) is 17.3 Å². The van der Waals surface area contributed by atoms with Gasteiger partial charge < -0.3 is 10.1 Å². The Morgan fingerprint density at radius 2 is 1.96 bits per heavy atom. The van der Waals surface area contributed by atoms with Gasteiger partial charge in [-0.3, -0.25) is 4.79 Å². The van der Waals surface area contributed by atoms with Crippen LogP contribution in [-0.2, 0) is 13.5 Å². The van der Waals surface area contributed by atoms with Crippen molar-refractivity contribution in [3.8, 4) is 5.75 Å². The Bertz CT molecular complexity index is 922. The van der Waals surface area contributed by atoms with Crippen molar-refractivity contribution in [2.45, 2.75) is 12.8 Å². The number of hydrogen-bond donors (Lipinski definition) is 1. The topological polar surface area (TPSA) is 81.9 Å². The number of fused-ring (bicyclic) bond motifs is 1. The van der Waals surface area contributed by atoms with E-state index in [1.807, 2.05) is 0 Å². The first-order valence-electron chi connectivity index (χ1n) is 7.61. The van der Waals surface area contributed by atoms with Gasteiger partial charge in [0.15, 0.2) is 5.65 Å². The van der Waals surface area contributed by atoms with Crippen LogP contribution in [-0.4, -0.2) is 38.8 Å². The minimum absolute atomic E-state index is 0.285. The molecule has 0 fully saturated rings. The predicted octanol–water partition coefficient (Wildman–Crippen LogP) is 2.23. The van der Waals surface area contributed by atoms with E-state index in [2.05, 4.69) is 25.3 Å². The minimum Gasteiger partial charge on any atom is -0.406 e. The van der Waals surface area contributed by atoms with Gasteiger partial charge in [-0.25, -0.2) is 9.67 Å². The van der Waals surface area contributed by atoms with Crippen LogP contribution in [0.3, 0.4) is 0 Å². The summed E-state index contributed by atoms with van der Waals surface area (Å²) in [6.07, 6.45) is -2.77. The van der Waals surface area contributed by atoms with Crippen LogP contribution in [0.2, 0.25) is 0 Å². The molecule has 1 amide bonds. The van der Waals surface area contributed by atoms with Gasteiger partial charge in [-0.05, 0) is 30.2 Å². The number of aromatic nitrogens is 4. The normalized spacial score (nSPS) is 11.5. The number of hydrogen-bond acceptors (Lipinski definition) is 5. The molecular formula is C16H14F3N5O2. The van der Waals surface area contributed by atoms with Crippen LogP contribution < -0.4 is 10.1 Å². The summed E-state index contributed by atoms with van der Waals surface area (Å²) in [6.45, 7) is 0.308. The number of amides is 1. The standard InChI is InChI=1S/C16H14F3N5O2/c1-24-14-13(22-23-24)12(7-9-20-14)15(25)21-8-6-10-2-4-11(5-3-10)26-16(17,18)19/h2-5,7,9H,6,8H2,1H3,(H,21,25). The van der Waals surface area contributed by atoms with Gasteiger partial charge in [0.05, 0.1) is 5.56 Å². The number of carbonyl (C=O) groups is 1. The Morgan fingerprint density at radius 3 is 2.65 bits per heavy atom. The van der Waals surface area contributed by atoms with Gasteiger partial charge in [0, 0.05) is 19.8 Å². The molecule has 0 unspecified atom stereocenters. The number of halogens is 3. The molecule has 26 heavy (non-hydrogen) atoms. The lowest BCUT2D eigenvalue weighted by atomic mass is 10.1. The summed E-state index contributed by atoms with van der Waals surface area (Å²) in [5.74, 6) is -0.609. The number of benzene rings is 1. The Balaban J connectivity index is 1.58. The number of carbonyl (C=O) groups excluding carboxylic acids is 1. The summed E-state index contributed by atoms with van der Waals surface area (Å²) in [7, 11) is 1.68. The highest BCUT2D eigenvalue weighted by molar-refractivity contribution is 6.03. The second-order valence-electron chi connectivity index (χ2n) is 5.44. The van der Waals surface area contributed by atoms with Gasteiger partial charge in [-0.15, -0.1) is 18.3 Å². The van der Waals surface area contributed by atoms with E-state index in [4.69, 9.17) is 0 Å². The summed E-state index contributed by atoms with van der Waals surface area (Å²) in [5.41, 5.74) is 2.02. The summed E-state index contributed by atoms with van der Waals surface area (Å²) in [4.78, 5) is 16.4. The minimum atomic E-state index is -4.72. The summed E-state index contributed by atoms with van der Waals surface area (Å²) in [6, 6.07) is 7.05. The second kappa shape index (κ2) is 6.98. The molecule has 0 saturated heterocycles. The van der Waals surface area contributed by atoms with Gasteiger partial charge in [-0.2, -0.15) is 0 Å². The van der Waals surface area contributed by atoms with Crippen LogP contribution in [0.15, 0.2) is 36.5 Å². The summed E-state index contributed by atoms with van der Waals surface area (Å²) >= 11 is 0. The third-order valence-electron chi connectivity index (χ3n) is 3.59. The molecule has 0 bridgehead atoms. The van der Waals surface area contributed by atoms with Gasteiger partial charge in [0.25, 0.3) is 5.91 Å². The van der Waals surface area contributed by atoms with E-state index in [0.29, 0.717) is 29.7 Å². The fourth-order valence-corrected chi connectivity index (χ4v) is 2.39. The van der Waals surface area contributed by atoms with Crippen LogP contribution in [0.4, 0.5) is 13.2 Å². The van der Waals surface area contributed by atoms with Crippen molar-refractivity contribution in [1.82, 2.24) is 25.3 Å². The molecule has 1 aromatic carbocycles. The first-order chi connectivity index (χ1) is 12.3. The highest BCUT2D eigenvalue weighted by Crippen LogP contribution is 2.22. The van der Waals surface area contributed by atoms with Crippen molar-refractivity contribution < 1.29 is 22.7 Å². The monoisotopic (exact) mass is 365 g/mol. The van der Waals surface area contributed by atoms with Crippen molar-refractivity contribution in [3.05, 3.63) is 47.7 Å². The van der Waals surface area contributed by atoms with Crippen molar-refractivity contribution in [2.75, 3.05) is 6.54 Å². The van der Waals surface area contributed by atoms with E-state index >= 15 is 0 Å². The third kappa shape index (κ3) is 4.08. The fraction of sp³-hybridized carbons (Fsp3) is 0.250. The van der Waals surface area contributed by atoms with Crippen LogP contribution in [0.25, 0.3) is 11.2 Å². The van der Waals surface area contributed by atoms with E-state index in [1.165, 1.54) is 35.1 Å². The van der Waals surface area contributed by atoms with Crippen LogP contribution in [0.1, 0.15) is 15.9 Å². The lowest BCUT2D eigenvalue weighted by Crippen LogP contribution is -2.26. The van der Waals surface area contributed by atoms with E-state index in [0.717, 1.165) is 5.56 Å². The Hall–Kier alpha value is -3.17. The molecule has 0 spiro atoms. The smallest absolute Gasteiger partial charge is 0.406 e. The van der Waals surface area contributed by atoms with E-state index in [1.54, 1.807) is 13.1 Å². The Morgan fingerprint density at radius 1 is 1.23 bits per heavy atom. The maximum Gasteiger partial charge on any atom is 0.573 e. The molecule has 10 heteroatoms. The average Bonchev–Trinajstić information content (AvgIpc) is 2.96. The van der Waals surface area contributed by atoms with Crippen LogP contribution in [0, 0.1) is 0 Å². The maximum atomic E-state index is 12.3. The predicted molar refractivity (Wildman–Crippen MR) is 85.5 cm³/mol. The molecule has 0 aliphatic rings. The zero-order chi connectivity index (χ0) is 18.7. The molecule has 1 N–H and O–H groups in total. The number of ether oxygens (including phenoxy) is 1. The molecule has 3 rings (SSSR count). The first-order valence-corrected chi connectivity index (χ1v) is 7.61. The molecule has 0 aliphatic heterocycles. The Labute approximate surface area is 145 Å². The molecule has 136 valence electrons. The van der Waals surface area contributed by atoms with Gasteiger partial charge in [0.2, 0.25) is 0 Å². The molecule has 0 atom stereocenters. The summed E-state index contributed by atoms with van der Waals surface area (Å²) < 4.78 is 41.6. The van der Waals surface area contributed by atoms with Gasteiger partial charge in [0.1, 0.15) is 11.3 Å². The number of nitrogens with zero attached hydrogens (tertiary/aromatic N) is 4. The highest BCUT2D eigenvalue weighted by Gasteiger charge is 2.30. The average molecular weight is 365 g/mol. The largest absolute Gasteiger partial charge is 0.573 e. The molecule has 2 aromatic heterocycles.